The Kier molecular flexibility index (Phi) is 9.29. The Hall–Kier alpha value is -1.77. The van der Waals surface area contributed by atoms with Gasteiger partial charge >= 0.3 is 5.97 Å². The van der Waals surface area contributed by atoms with Crippen molar-refractivity contribution in [2.24, 2.45) is 5.92 Å². The summed E-state index contributed by atoms with van der Waals surface area (Å²) in [5.74, 6) is -2.00. The first-order valence-corrected chi connectivity index (χ1v) is 12.2. The summed E-state index contributed by atoms with van der Waals surface area (Å²) in [4.78, 5) is 12.2. The van der Waals surface area contributed by atoms with Crippen LogP contribution in [0.3, 0.4) is 0 Å². The molecule has 13 atom stereocenters. The second kappa shape index (κ2) is 12.0. The van der Waals surface area contributed by atoms with E-state index in [0.717, 1.165) is 13.4 Å². The van der Waals surface area contributed by atoms with Gasteiger partial charge in [-0.1, -0.05) is 6.08 Å². The van der Waals surface area contributed by atoms with E-state index in [1.807, 2.05) is 0 Å². The third-order valence-electron chi connectivity index (χ3n) is 7.45. The van der Waals surface area contributed by atoms with Crippen molar-refractivity contribution in [3.63, 3.8) is 0 Å². The molecule has 3 heterocycles. The summed E-state index contributed by atoms with van der Waals surface area (Å²) in [6.07, 6.45) is -15.4. The maximum Gasteiger partial charge on any atom is 0.339 e. The Balaban J connectivity index is 1.48. The lowest BCUT2D eigenvalue weighted by atomic mass is 9.79. The minimum Gasteiger partial charge on any atom is -0.471 e. The highest BCUT2D eigenvalue weighted by Crippen LogP contribution is 2.47. The van der Waals surface area contributed by atoms with E-state index in [2.05, 4.69) is 0 Å². The van der Waals surface area contributed by atoms with Crippen LogP contribution in [0, 0.1) is 5.92 Å². The van der Waals surface area contributed by atoms with E-state index < -0.39 is 105 Å². The van der Waals surface area contributed by atoms with Crippen molar-refractivity contribution in [3.05, 3.63) is 23.5 Å². The van der Waals surface area contributed by atoms with Gasteiger partial charge in [0.1, 0.15) is 60.0 Å². The smallest absolute Gasteiger partial charge is 0.339 e. The van der Waals surface area contributed by atoms with E-state index in [0.29, 0.717) is 0 Å². The minimum atomic E-state index is -1.88. The molecule has 3 aliphatic heterocycles. The van der Waals surface area contributed by atoms with Crippen molar-refractivity contribution in [3.8, 4) is 0 Å². The van der Waals surface area contributed by atoms with Gasteiger partial charge in [-0.3, -0.25) is 0 Å². The van der Waals surface area contributed by atoms with Crippen LogP contribution in [0.2, 0.25) is 0 Å². The van der Waals surface area contributed by atoms with Gasteiger partial charge in [-0.25, -0.2) is 4.79 Å². The molecule has 13 unspecified atom stereocenters. The topological polar surface area (TPSA) is 255 Å². The van der Waals surface area contributed by atoms with Gasteiger partial charge in [-0.05, 0) is 12.0 Å². The van der Waals surface area contributed by atoms with Crippen LogP contribution in [0.15, 0.2) is 23.5 Å². The predicted octanol–water partition coefficient (Wildman–Crippen LogP) is -5.29. The Morgan fingerprint density at radius 2 is 1.54 bits per heavy atom. The fraction of sp³-hybridized carbons (Fsp3) is 0.783. The van der Waals surface area contributed by atoms with Gasteiger partial charge in [0.25, 0.3) is 0 Å². The molecule has 16 nitrogen and oxygen atoms in total. The normalized spacial score (nSPS) is 46.1. The number of carbonyl (C=O) groups is 1. The molecule has 1 aliphatic carbocycles. The fourth-order valence-electron chi connectivity index (χ4n) is 5.14. The van der Waals surface area contributed by atoms with Crippen LogP contribution in [0.25, 0.3) is 0 Å². The summed E-state index contributed by atoms with van der Waals surface area (Å²) in [7, 11) is 1.12. The Labute approximate surface area is 221 Å². The quantitative estimate of drug-likeness (QED) is 0.0982. The summed E-state index contributed by atoms with van der Waals surface area (Å²) in [6, 6.07) is 0. The molecule has 0 radical (unpaired) electrons. The molecule has 0 aromatic rings. The molecular formula is C23H34O16. The van der Waals surface area contributed by atoms with Crippen molar-refractivity contribution in [1.82, 2.24) is 0 Å². The molecule has 39 heavy (non-hydrogen) atoms. The summed E-state index contributed by atoms with van der Waals surface area (Å²) < 4.78 is 32.1. The molecule has 2 fully saturated rings. The molecule has 0 spiro atoms. The van der Waals surface area contributed by atoms with E-state index in [4.69, 9.17) is 28.4 Å². The first-order chi connectivity index (χ1) is 18.5. The highest BCUT2D eigenvalue weighted by Gasteiger charge is 2.57. The van der Waals surface area contributed by atoms with Gasteiger partial charge < -0.3 is 74.4 Å². The van der Waals surface area contributed by atoms with Gasteiger partial charge in [-0.2, -0.15) is 0 Å². The van der Waals surface area contributed by atoms with Crippen LogP contribution in [-0.2, 0) is 33.2 Å². The number of hydrogen-bond donors (Lipinski definition) is 9. The Morgan fingerprint density at radius 1 is 0.923 bits per heavy atom. The summed E-state index contributed by atoms with van der Waals surface area (Å²) in [6.45, 7) is -1.80. The maximum atomic E-state index is 12.2. The van der Waals surface area contributed by atoms with Gasteiger partial charge in [0.2, 0.25) is 6.29 Å². The number of fused-ring (bicyclic) bond motifs is 1. The van der Waals surface area contributed by atoms with Crippen molar-refractivity contribution in [1.29, 1.82) is 0 Å². The fourth-order valence-corrected chi connectivity index (χ4v) is 5.14. The van der Waals surface area contributed by atoms with Crippen LogP contribution in [0.1, 0.15) is 6.42 Å². The minimum absolute atomic E-state index is 0.0807. The standard InChI is InChI=1S/C23H34O16/c1-34-19(32)9-6-35-20(12-8(4-24)2-3-23(9,12)33)39-22-18(31)16(29)14(27)11(38-22)7-36-21-17(30)15(28)13(26)10(5-25)37-21/h2,6,10-18,20-22,24-31,33H,3-5,7H2,1H3. The first-order valence-electron chi connectivity index (χ1n) is 12.2. The van der Waals surface area contributed by atoms with Crippen LogP contribution in [0.4, 0.5) is 0 Å². The van der Waals surface area contributed by atoms with E-state index >= 15 is 0 Å². The Morgan fingerprint density at radius 3 is 2.15 bits per heavy atom. The van der Waals surface area contributed by atoms with Crippen molar-refractivity contribution in [2.45, 2.75) is 79.7 Å². The van der Waals surface area contributed by atoms with Crippen LogP contribution in [0.5, 0.6) is 0 Å². The zero-order valence-electron chi connectivity index (χ0n) is 20.8. The Bertz CT molecular complexity index is 939. The number of aliphatic hydroxyl groups is 9. The van der Waals surface area contributed by atoms with Crippen LogP contribution >= 0.6 is 0 Å². The molecule has 0 saturated carbocycles. The molecule has 4 rings (SSSR count). The average molecular weight is 567 g/mol. The van der Waals surface area contributed by atoms with Gasteiger partial charge in [0, 0.05) is 0 Å². The lowest BCUT2D eigenvalue weighted by Gasteiger charge is -2.45. The molecule has 0 amide bonds. The summed E-state index contributed by atoms with van der Waals surface area (Å²) >= 11 is 0. The van der Waals surface area contributed by atoms with Gasteiger partial charge in [0.15, 0.2) is 12.6 Å². The lowest BCUT2D eigenvalue weighted by Crippen LogP contribution is -2.62. The number of methoxy groups -OCH3 is 1. The zero-order chi connectivity index (χ0) is 28.6. The number of esters is 1. The van der Waals surface area contributed by atoms with Gasteiger partial charge in [0.05, 0.1) is 39.1 Å². The van der Waals surface area contributed by atoms with Crippen molar-refractivity contribution < 1.29 is 79.2 Å². The SMILES string of the molecule is COC(=O)C1=COC(OC2OC(COC3OC(CO)C(O)C(O)C3O)C(O)C(O)C2O)C2C(CO)=CCC12O. The molecular weight excluding hydrogens is 532 g/mol. The monoisotopic (exact) mass is 566 g/mol. The van der Waals surface area contributed by atoms with Gasteiger partial charge in [-0.15, -0.1) is 0 Å². The first kappa shape index (κ1) is 30.2. The average Bonchev–Trinajstić information content (AvgIpc) is 3.29. The second-order valence-electron chi connectivity index (χ2n) is 9.75. The maximum absolute atomic E-state index is 12.2. The highest BCUT2D eigenvalue weighted by atomic mass is 16.8. The van der Waals surface area contributed by atoms with E-state index in [1.54, 1.807) is 0 Å². The third kappa shape index (κ3) is 5.45. The number of aliphatic hydroxyl groups excluding tert-OH is 8. The zero-order valence-corrected chi connectivity index (χ0v) is 20.8. The molecule has 222 valence electrons. The van der Waals surface area contributed by atoms with Crippen LogP contribution < -0.4 is 0 Å². The van der Waals surface area contributed by atoms with Crippen LogP contribution in [-0.4, -0.2) is 152 Å². The molecule has 9 N–H and O–H groups in total. The number of carbonyl (C=O) groups excluding carboxylic acids is 1. The second-order valence-corrected chi connectivity index (χ2v) is 9.75. The van der Waals surface area contributed by atoms with E-state index in [-0.39, 0.29) is 17.6 Å². The molecule has 4 aliphatic rings. The molecule has 0 aromatic carbocycles. The number of rotatable bonds is 8. The van der Waals surface area contributed by atoms with Crippen molar-refractivity contribution >= 4 is 5.97 Å². The lowest BCUT2D eigenvalue weighted by molar-refractivity contribution is -0.354. The predicted molar refractivity (Wildman–Crippen MR) is 121 cm³/mol. The number of ether oxygens (including phenoxy) is 6. The molecule has 2 saturated heterocycles. The molecule has 0 aromatic heterocycles. The molecule has 0 bridgehead atoms. The molecule has 16 heteroatoms. The third-order valence-corrected chi connectivity index (χ3v) is 7.45. The largest absolute Gasteiger partial charge is 0.471 e. The number of hydrogen-bond acceptors (Lipinski definition) is 16. The van der Waals surface area contributed by atoms with E-state index in [9.17, 15) is 50.8 Å². The van der Waals surface area contributed by atoms with Crippen molar-refractivity contribution in [2.75, 3.05) is 26.9 Å². The summed E-state index contributed by atoms with van der Waals surface area (Å²) in [5, 5.41) is 91.8. The van der Waals surface area contributed by atoms with E-state index in [1.165, 1.54) is 6.08 Å². The highest BCUT2D eigenvalue weighted by molar-refractivity contribution is 5.91. The summed E-state index contributed by atoms with van der Waals surface area (Å²) in [5.41, 5.74) is -1.83.